The zero-order valence-electron chi connectivity index (χ0n) is 17.0. The van der Waals surface area contributed by atoms with Crippen LogP contribution in [-0.4, -0.2) is 66.8 Å². The van der Waals surface area contributed by atoms with Gasteiger partial charge >= 0.3 is 6.09 Å². The monoisotopic (exact) mass is 374 g/mol. The first-order chi connectivity index (χ1) is 13.1. The fourth-order valence-corrected chi connectivity index (χ4v) is 4.59. The summed E-state index contributed by atoms with van der Waals surface area (Å²) in [6.07, 6.45) is 7.31. The maximum Gasteiger partial charge on any atom is 0.409 e. The largest absolute Gasteiger partial charge is 0.450 e. The Bertz CT molecular complexity index is 628. The maximum atomic E-state index is 12.0. The molecular weight excluding hydrogens is 340 g/mol. The molecule has 6 heteroatoms. The van der Waals surface area contributed by atoms with Crippen LogP contribution in [0.2, 0.25) is 0 Å². The molecule has 1 aromatic rings. The van der Waals surface area contributed by atoms with E-state index in [1.54, 1.807) is 0 Å². The molecule has 1 aliphatic heterocycles. The highest BCUT2D eigenvalue weighted by atomic mass is 16.6. The van der Waals surface area contributed by atoms with Gasteiger partial charge in [0.25, 0.3) is 0 Å². The Morgan fingerprint density at radius 2 is 2.07 bits per heavy atom. The van der Waals surface area contributed by atoms with E-state index < -0.39 is 0 Å². The normalized spacial score (nSPS) is 27.2. The van der Waals surface area contributed by atoms with Gasteiger partial charge in [0, 0.05) is 38.4 Å². The lowest BCUT2D eigenvalue weighted by atomic mass is 9.76. The zero-order valence-corrected chi connectivity index (χ0v) is 17.0. The number of nitrogens with one attached hydrogen (secondary N) is 1. The summed E-state index contributed by atoms with van der Waals surface area (Å²) >= 11 is 0. The summed E-state index contributed by atoms with van der Waals surface area (Å²) < 4.78 is 5.17. The van der Waals surface area contributed by atoms with Crippen molar-refractivity contribution in [3.05, 3.63) is 29.6 Å². The quantitative estimate of drug-likeness (QED) is 0.878. The SMILES string of the molecule is CCOC(=O)N1CCCN(C2CCC(NC)(c3cc(C)ccn3)CC2)CC1. The third kappa shape index (κ3) is 4.61. The summed E-state index contributed by atoms with van der Waals surface area (Å²) in [5, 5.41) is 3.58. The fourth-order valence-electron chi connectivity index (χ4n) is 4.59. The van der Waals surface area contributed by atoms with E-state index in [1.807, 2.05) is 18.0 Å². The molecule has 1 aromatic heterocycles. The Kier molecular flexibility index (Phi) is 6.71. The van der Waals surface area contributed by atoms with Crippen molar-refractivity contribution in [1.29, 1.82) is 0 Å². The first kappa shape index (κ1) is 20.1. The molecule has 150 valence electrons. The molecule has 2 fully saturated rings. The molecular formula is C21H34N4O2. The number of aromatic nitrogens is 1. The van der Waals surface area contributed by atoms with Crippen LogP contribution in [0.25, 0.3) is 0 Å². The van der Waals surface area contributed by atoms with Crippen LogP contribution in [0.15, 0.2) is 18.3 Å². The summed E-state index contributed by atoms with van der Waals surface area (Å²) in [6.45, 7) is 8.02. The second-order valence-corrected chi connectivity index (χ2v) is 7.86. The first-order valence-corrected chi connectivity index (χ1v) is 10.4. The van der Waals surface area contributed by atoms with E-state index in [4.69, 9.17) is 4.74 Å². The van der Waals surface area contributed by atoms with Gasteiger partial charge in [-0.05, 0) is 70.7 Å². The van der Waals surface area contributed by atoms with Crippen LogP contribution in [0, 0.1) is 6.92 Å². The molecule has 1 amide bonds. The molecule has 0 unspecified atom stereocenters. The van der Waals surface area contributed by atoms with Crippen LogP contribution in [0.5, 0.6) is 0 Å². The Labute approximate surface area is 163 Å². The highest BCUT2D eigenvalue weighted by Crippen LogP contribution is 2.38. The molecule has 0 aromatic carbocycles. The lowest BCUT2D eigenvalue weighted by molar-refractivity contribution is 0.0994. The molecule has 3 rings (SSSR count). The van der Waals surface area contributed by atoms with Crippen molar-refractivity contribution in [2.45, 2.75) is 57.5 Å². The number of hydrogen-bond donors (Lipinski definition) is 1. The molecule has 1 aliphatic carbocycles. The van der Waals surface area contributed by atoms with E-state index in [-0.39, 0.29) is 11.6 Å². The zero-order chi connectivity index (χ0) is 19.3. The molecule has 27 heavy (non-hydrogen) atoms. The van der Waals surface area contributed by atoms with Crippen molar-refractivity contribution in [2.75, 3.05) is 39.8 Å². The third-order valence-electron chi connectivity index (χ3n) is 6.27. The number of ether oxygens (including phenoxy) is 1. The van der Waals surface area contributed by atoms with Crippen LogP contribution in [0.1, 0.15) is 50.3 Å². The minimum absolute atomic E-state index is 0.00859. The summed E-state index contributed by atoms with van der Waals surface area (Å²) in [6, 6.07) is 4.88. The predicted molar refractivity (Wildman–Crippen MR) is 107 cm³/mol. The van der Waals surface area contributed by atoms with Crippen molar-refractivity contribution in [3.8, 4) is 0 Å². The number of hydrogen-bond acceptors (Lipinski definition) is 5. The van der Waals surface area contributed by atoms with E-state index in [9.17, 15) is 4.79 Å². The number of carbonyl (C=O) groups is 1. The van der Waals surface area contributed by atoms with Crippen molar-refractivity contribution in [2.24, 2.45) is 0 Å². The van der Waals surface area contributed by atoms with Gasteiger partial charge in [-0.2, -0.15) is 0 Å². The van der Waals surface area contributed by atoms with Gasteiger partial charge in [0.15, 0.2) is 0 Å². The minimum atomic E-state index is -0.164. The molecule has 0 radical (unpaired) electrons. The maximum absolute atomic E-state index is 12.0. The average molecular weight is 375 g/mol. The van der Waals surface area contributed by atoms with E-state index >= 15 is 0 Å². The van der Waals surface area contributed by atoms with Crippen LogP contribution in [-0.2, 0) is 10.3 Å². The van der Waals surface area contributed by atoms with Crippen LogP contribution < -0.4 is 5.32 Å². The number of aryl methyl sites for hydroxylation is 1. The Morgan fingerprint density at radius 3 is 2.74 bits per heavy atom. The lowest BCUT2D eigenvalue weighted by Crippen LogP contribution is -2.49. The fraction of sp³-hybridized carbons (Fsp3) is 0.714. The van der Waals surface area contributed by atoms with Crippen molar-refractivity contribution >= 4 is 6.09 Å². The van der Waals surface area contributed by atoms with E-state index in [1.165, 1.54) is 11.3 Å². The molecule has 1 saturated heterocycles. The highest BCUT2D eigenvalue weighted by molar-refractivity contribution is 5.67. The number of pyridine rings is 1. The minimum Gasteiger partial charge on any atom is -0.450 e. The van der Waals surface area contributed by atoms with Gasteiger partial charge < -0.3 is 15.0 Å². The predicted octanol–water partition coefficient (Wildman–Crippen LogP) is 2.91. The number of amides is 1. The number of nitrogens with zero attached hydrogens (tertiary/aromatic N) is 3. The smallest absolute Gasteiger partial charge is 0.409 e. The second-order valence-electron chi connectivity index (χ2n) is 7.86. The van der Waals surface area contributed by atoms with Crippen molar-refractivity contribution < 1.29 is 9.53 Å². The van der Waals surface area contributed by atoms with Crippen LogP contribution in [0.3, 0.4) is 0 Å². The molecule has 2 heterocycles. The summed E-state index contributed by atoms with van der Waals surface area (Å²) in [5.41, 5.74) is 2.43. The topological polar surface area (TPSA) is 57.7 Å². The van der Waals surface area contributed by atoms with Crippen LogP contribution in [0.4, 0.5) is 4.79 Å². The number of carbonyl (C=O) groups excluding carboxylic acids is 1. The Hall–Kier alpha value is -1.66. The van der Waals surface area contributed by atoms with Gasteiger partial charge in [0.05, 0.1) is 17.8 Å². The van der Waals surface area contributed by atoms with Gasteiger partial charge in [-0.15, -0.1) is 0 Å². The van der Waals surface area contributed by atoms with Crippen LogP contribution >= 0.6 is 0 Å². The van der Waals surface area contributed by atoms with E-state index in [2.05, 4.69) is 41.3 Å². The molecule has 2 aliphatic rings. The van der Waals surface area contributed by atoms with Crippen molar-refractivity contribution in [1.82, 2.24) is 20.1 Å². The molecule has 1 N–H and O–H groups in total. The Morgan fingerprint density at radius 1 is 1.30 bits per heavy atom. The summed E-state index contributed by atoms with van der Waals surface area (Å²) in [7, 11) is 2.06. The number of rotatable bonds is 4. The van der Waals surface area contributed by atoms with E-state index in [0.29, 0.717) is 12.6 Å². The van der Waals surface area contributed by atoms with Gasteiger partial charge in [-0.25, -0.2) is 4.79 Å². The standard InChI is InChI=1S/C21H34N4O2/c1-4-27-20(26)25-13-5-12-24(14-15-25)18-6-9-21(22-3,10-7-18)19-16-17(2)8-11-23-19/h8,11,16,18,22H,4-7,9-10,12-15H2,1-3H3. The third-order valence-corrected chi connectivity index (χ3v) is 6.27. The second kappa shape index (κ2) is 9.02. The molecule has 0 spiro atoms. The lowest BCUT2D eigenvalue weighted by Gasteiger charge is -2.43. The van der Waals surface area contributed by atoms with Gasteiger partial charge in [0.2, 0.25) is 0 Å². The van der Waals surface area contributed by atoms with Gasteiger partial charge in [0.1, 0.15) is 0 Å². The van der Waals surface area contributed by atoms with Crippen molar-refractivity contribution in [3.63, 3.8) is 0 Å². The van der Waals surface area contributed by atoms with Gasteiger partial charge in [-0.3, -0.25) is 9.88 Å². The van der Waals surface area contributed by atoms with Gasteiger partial charge in [-0.1, -0.05) is 0 Å². The molecule has 6 nitrogen and oxygen atoms in total. The molecule has 0 atom stereocenters. The molecule has 1 saturated carbocycles. The Balaban J connectivity index is 1.59. The summed E-state index contributed by atoms with van der Waals surface area (Å²) in [5.74, 6) is 0. The first-order valence-electron chi connectivity index (χ1n) is 10.4. The molecule has 0 bridgehead atoms. The van der Waals surface area contributed by atoms with E-state index in [0.717, 1.165) is 58.3 Å². The highest BCUT2D eigenvalue weighted by Gasteiger charge is 2.38. The average Bonchev–Trinajstić information content (AvgIpc) is 2.94. The summed E-state index contributed by atoms with van der Waals surface area (Å²) in [4.78, 5) is 21.1.